The molecule has 0 heterocycles. The van der Waals surface area contributed by atoms with Crippen LogP contribution in [0.1, 0.15) is 91.9 Å². The number of rotatable bonds is 6. The number of aliphatic hydroxyl groups excluding tert-OH is 3. The molecule has 0 unspecified atom stereocenters. The number of carboxylic acid groups (broad SMARTS) is 1. The highest BCUT2D eigenvalue weighted by Gasteiger charge is 2.65. The Kier molecular flexibility index (Phi) is 6.77. The maximum Gasteiger partial charge on any atom is 0.306 e. The van der Waals surface area contributed by atoms with Crippen LogP contribution in [-0.2, 0) is 4.79 Å². The summed E-state index contributed by atoms with van der Waals surface area (Å²) in [6.07, 6.45) is 8.11. The van der Waals surface area contributed by atoms with E-state index in [1.54, 1.807) is 6.92 Å². The number of aliphatic hydroxyl groups is 3. The average molecular weight is 451 g/mol. The zero-order chi connectivity index (χ0) is 23.4. The lowest BCUT2D eigenvalue weighted by molar-refractivity contribution is -0.207. The van der Waals surface area contributed by atoms with Crippen molar-refractivity contribution in [1.82, 2.24) is 0 Å². The van der Waals surface area contributed by atoms with Gasteiger partial charge in [-0.05, 0) is 97.7 Å². The predicted octanol–water partition coefficient (Wildman–Crippen LogP) is 4.47. The van der Waals surface area contributed by atoms with E-state index in [9.17, 15) is 25.2 Å². The molecule has 4 saturated carbocycles. The second kappa shape index (κ2) is 8.85. The topological polar surface area (TPSA) is 98.0 Å². The number of carboxylic acids is 1. The van der Waals surface area contributed by atoms with E-state index in [2.05, 4.69) is 20.8 Å². The Hall–Kier alpha value is -0.650. The Morgan fingerprint density at radius 3 is 2.38 bits per heavy atom. The Bertz CT molecular complexity index is 696. The first-order chi connectivity index (χ1) is 15.0. The normalized spacial score (nSPS) is 50.1. The molecule has 0 aromatic carbocycles. The molecule has 12 atom stereocenters. The molecule has 0 saturated heterocycles. The SMILES string of the molecule is C[C@H](CCC[C@H](C)C(=O)O)[C@H]1CC[C@H]2[C@@H]3[C@H](O)C[C@H]4C[C@H](O)CC[C@]4(C)[C@H]3C[C@H](O)[C@]12C. The van der Waals surface area contributed by atoms with Gasteiger partial charge >= 0.3 is 5.97 Å². The molecule has 0 bridgehead atoms. The lowest BCUT2D eigenvalue weighted by atomic mass is 9.43. The van der Waals surface area contributed by atoms with Crippen molar-refractivity contribution in [2.24, 2.45) is 52.3 Å². The van der Waals surface area contributed by atoms with E-state index < -0.39 is 5.97 Å². The van der Waals surface area contributed by atoms with Crippen LogP contribution in [0.4, 0.5) is 0 Å². The molecule has 0 aromatic rings. The molecule has 0 amide bonds. The smallest absolute Gasteiger partial charge is 0.306 e. The molecular weight excluding hydrogens is 404 g/mol. The Balaban J connectivity index is 1.51. The molecule has 4 fully saturated rings. The Morgan fingerprint density at radius 2 is 1.69 bits per heavy atom. The van der Waals surface area contributed by atoms with Crippen LogP contribution in [0.3, 0.4) is 0 Å². The molecule has 4 aliphatic rings. The van der Waals surface area contributed by atoms with E-state index in [0.29, 0.717) is 36.0 Å². The number of hydrogen-bond donors (Lipinski definition) is 4. The monoisotopic (exact) mass is 450 g/mol. The number of hydrogen-bond acceptors (Lipinski definition) is 4. The van der Waals surface area contributed by atoms with Gasteiger partial charge in [0.25, 0.3) is 0 Å². The zero-order valence-corrected chi connectivity index (χ0v) is 20.5. The minimum absolute atomic E-state index is 0.113. The third-order valence-corrected chi connectivity index (χ3v) is 11.2. The Labute approximate surface area is 194 Å². The van der Waals surface area contributed by atoms with Crippen LogP contribution in [0.2, 0.25) is 0 Å². The highest BCUT2D eigenvalue weighted by molar-refractivity contribution is 5.69. The van der Waals surface area contributed by atoms with Crippen molar-refractivity contribution in [2.45, 2.75) is 110 Å². The van der Waals surface area contributed by atoms with Crippen molar-refractivity contribution in [3.05, 3.63) is 0 Å². The molecule has 4 aliphatic carbocycles. The van der Waals surface area contributed by atoms with E-state index in [4.69, 9.17) is 0 Å². The lowest BCUT2D eigenvalue weighted by Crippen LogP contribution is -2.62. The second-order valence-electron chi connectivity index (χ2n) is 12.7. The van der Waals surface area contributed by atoms with Crippen molar-refractivity contribution in [1.29, 1.82) is 0 Å². The summed E-state index contributed by atoms with van der Waals surface area (Å²) in [4.78, 5) is 11.2. The lowest BCUT2D eigenvalue weighted by Gasteiger charge is -2.63. The molecule has 0 radical (unpaired) electrons. The van der Waals surface area contributed by atoms with E-state index >= 15 is 0 Å². The van der Waals surface area contributed by atoms with E-state index in [0.717, 1.165) is 57.8 Å². The van der Waals surface area contributed by atoms with Crippen molar-refractivity contribution in [2.75, 3.05) is 0 Å². The summed E-state index contributed by atoms with van der Waals surface area (Å²) in [5.41, 5.74) is -0.0561. The maximum absolute atomic E-state index is 11.6. The molecule has 0 aromatic heterocycles. The van der Waals surface area contributed by atoms with Crippen LogP contribution in [0, 0.1) is 52.3 Å². The summed E-state index contributed by atoms with van der Waals surface area (Å²) in [6, 6.07) is 0. The van der Waals surface area contributed by atoms with E-state index in [1.807, 2.05) is 0 Å². The average Bonchev–Trinajstić information content (AvgIpc) is 3.08. The van der Waals surface area contributed by atoms with Crippen LogP contribution in [0.5, 0.6) is 0 Å². The fourth-order valence-corrected chi connectivity index (χ4v) is 9.20. The standard InChI is InChI=1S/C27H46O5/c1-15(6-5-7-16(2)25(31)32)19-8-9-20-24-21(14-23(30)27(19,20)4)26(3)11-10-18(28)12-17(26)13-22(24)29/h15-24,28-30H,5-14H2,1-4H3,(H,31,32)/t15-,16+,17-,18-,19-,20+,21+,22-,23+,24+,26+,27-/m1/s1. The quantitative estimate of drug-likeness (QED) is 0.478. The van der Waals surface area contributed by atoms with Gasteiger partial charge in [0.2, 0.25) is 0 Å². The first-order valence-corrected chi connectivity index (χ1v) is 13.3. The number of aliphatic carboxylic acids is 1. The highest BCUT2D eigenvalue weighted by Crippen LogP contribution is 2.68. The fraction of sp³-hybridized carbons (Fsp3) is 0.963. The third kappa shape index (κ3) is 3.84. The van der Waals surface area contributed by atoms with Crippen LogP contribution < -0.4 is 0 Å². The van der Waals surface area contributed by atoms with Gasteiger partial charge in [-0.2, -0.15) is 0 Å². The number of carbonyl (C=O) groups is 1. The van der Waals surface area contributed by atoms with Gasteiger partial charge in [0.05, 0.1) is 24.2 Å². The largest absolute Gasteiger partial charge is 0.481 e. The molecule has 0 aliphatic heterocycles. The molecule has 32 heavy (non-hydrogen) atoms. The molecule has 4 rings (SSSR count). The summed E-state index contributed by atoms with van der Waals surface area (Å²) in [5.74, 6) is 1.16. The van der Waals surface area contributed by atoms with Crippen molar-refractivity contribution in [3.8, 4) is 0 Å². The van der Waals surface area contributed by atoms with E-state index in [-0.39, 0.29) is 41.0 Å². The minimum atomic E-state index is -0.715. The van der Waals surface area contributed by atoms with Gasteiger partial charge in [-0.1, -0.05) is 40.5 Å². The number of fused-ring (bicyclic) bond motifs is 5. The van der Waals surface area contributed by atoms with E-state index in [1.165, 1.54) is 0 Å². The van der Waals surface area contributed by atoms with Gasteiger partial charge in [0.15, 0.2) is 0 Å². The van der Waals surface area contributed by atoms with Crippen molar-refractivity contribution >= 4 is 5.97 Å². The molecule has 0 spiro atoms. The van der Waals surface area contributed by atoms with Crippen LogP contribution >= 0.6 is 0 Å². The molecule has 5 nitrogen and oxygen atoms in total. The van der Waals surface area contributed by atoms with Crippen molar-refractivity contribution in [3.63, 3.8) is 0 Å². The van der Waals surface area contributed by atoms with Crippen molar-refractivity contribution < 1.29 is 25.2 Å². The van der Waals surface area contributed by atoms with Gasteiger partial charge in [-0.25, -0.2) is 0 Å². The highest BCUT2D eigenvalue weighted by atomic mass is 16.4. The summed E-state index contributed by atoms with van der Waals surface area (Å²) in [7, 11) is 0. The minimum Gasteiger partial charge on any atom is -0.481 e. The summed E-state index contributed by atoms with van der Waals surface area (Å²) in [6.45, 7) is 8.74. The van der Waals surface area contributed by atoms with Gasteiger partial charge in [-0.15, -0.1) is 0 Å². The molecule has 4 N–H and O–H groups in total. The van der Waals surface area contributed by atoms with Gasteiger partial charge in [0, 0.05) is 0 Å². The first kappa shape index (κ1) is 24.5. The summed E-state index contributed by atoms with van der Waals surface area (Å²) in [5, 5.41) is 42.4. The fourth-order valence-electron chi connectivity index (χ4n) is 9.20. The summed E-state index contributed by atoms with van der Waals surface area (Å²) < 4.78 is 0. The predicted molar refractivity (Wildman–Crippen MR) is 124 cm³/mol. The van der Waals surface area contributed by atoms with Gasteiger partial charge in [-0.3, -0.25) is 4.79 Å². The molecule has 5 heteroatoms. The maximum atomic E-state index is 11.6. The molecular formula is C27H46O5. The first-order valence-electron chi connectivity index (χ1n) is 13.3. The Morgan fingerprint density at radius 1 is 0.969 bits per heavy atom. The third-order valence-electron chi connectivity index (χ3n) is 11.2. The van der Waals surface area contributed by atoms with Gasteiger partial charge < -0.3 is 20.4 Å². The van der Waals surface area contributed by atoms with Crippen LogP contribution in [-0.4, -0.2) is 44.7 Å². The van der Waals surface area contributed by atoms with Crippen LogP contribution in [0.25, 0.3) is 0 Å². The van der Waals surface area contributed by atoms with Gasteiger partial charge in [0.1, 0.15) is 0 Å². The zero-order valence-electron chi connectivity index (χ0n) is 20.5. The second-order valence-corrected chi connectivity index (χ2v) is 12.7. The molecule has 184 valence electrons. The summed E-state index contributed by atoms with van der Waals surface area (Å²) >= 11 is 0. The van der Waals surface area contributed by atoms with Crippen LogP contribution in [0.15, 0.2) is 0 Å².